The van der Waals surface area contributed by atoms with Crippen LogP contribution in [0.25, 0.3) is 0 Å². The Hall–Kier alpha value is -1.56. The molecule has 1 rings (SSSR count). The van der Waals surface area contributed by atoms with Gasteiger partial charge in [-0.3, -0.25) is 5.32 Å². The van der Waals surface area contributed by atoms with Crippen LogP contribution in [0.4, 0.5) is 10.6 Å². The van der Waals surface area contributed by atoms with E-state index in [0.717, 1.165) is 6.42 Å². The summed E-state index contributed by atoms with van der Waals surface area (Å²) >= 11 is 0. The summed E-state index contributed by atoms with van der Waals surface area (Å²) in [5, 5.41) is 19.3. The van der Waals surface area contributed by atoms with Gasteiger partial charge in [0.25, 0.3) is 0 Å². The van der Waals surface area contributed by atoms with E-state index in [2.05, 4.69) is 15.8 Å². The fourth-order valence-electron chi connectivity index (χ4n) is 1.72. The number of amides is 2. The Labute approximate surface area is 126 Å². The van der Waals surface area contributed by atoms with Crippen LogP contribution in [0, 0.1) is 5.92 Å². The van der Waals surface area contributed by atoms with E-state index in [4.69, 9.17) is 4.52 Å². The van der Waals surface area contributed by atoms with Gasteiger partial charge in [-0.2, -0.15) is 0 Å². The lowest BCUT2D eigenvalue weighted by molar-refractivity contribution is 0.00826. The number of aromatic nitrogens is 1. The molecule has 6 heteroatoms. The summed E-state index contributed by atoms with van der Waals surface area (Å²) in [6.45, 7) is 11.9. The number of hydrogen-bond donors (Lipinski definition) is 3. The van der Waals surface area contributed by atoms with Gasteiger partial charge in [-0.05, 0) is 12.8 Å². The standard InChI is InChI=1S/C15H27N3O3/c1-7-10(2)15(6,20)9-16-13(19)17-12-8-11(21-18-12)14(3,4)5/h8,10,20H,7,9H2,1-6H3,(H2,16,17,18,19). The SMILES string of the molecule is CCC(C)C(C)(O)CNC(=O)Nc1cc(C(C)(C)C)on1. The van der Waals surface area contributed by atoms with E-state index in [1.165, 1.54) is 0 Å². The molecule has 0 aliphatic carbocycles. The van der Waals surface area contributed by atoms with E-state index in [1.54, 1.807) is 13.0 Å². The van der Waals surface area contributed by atoms with Crippen molar-refractivity contribution >= 4 is 11.8 Å². The van der Waals surface area contributed by atoms with Crippen molar-refractivity contribution in [3.05, 3.63) is 11.8 Å². The Morgan fingerprint density at radius 2 is 2.05 bits per heavy atom. The van der Waals surface area contributed by atoms with Crippen molar-refractivity contribution in [1.29, 1.82) is 0 Å². The van der Waals surface area contributed by atoms with Gasteiger partial charge in [0.05, 0.1) is 5.60 Å². The maximum atomic E-state index is 11.8. The molecule has 3 N–H and O–H groups in total. The van der Waals surface area contributed by atoms with Gasteiger partial charge in [-0.1, -0.05) is 46.2 Å². The monoisotopic (exact) mass is 297 g/mol. The maximum Gasteiger partial charge on any atom is 0.320 e. The third kappa shape index (κ3) is 5.04. The van der Waals surface area contributed by atoms with Gasteiger partial charge in [0.1, 0.15) is 5.76 Å². The molecule has 2 atom stereocenters. The van der Waals surface area contributed by atoms with Crippen molar-refractivity contribution in [1.82, 2.24) is 10.5 Å². The number of nitrogens with zero attached hydrogens (tertiary/aromatic N) is 1. The van der Waals surface area contributed by atoms with Crippen LogP contribution >= 0.6 is 0 Å². The smallest absolute Gasteiger partial charge is 0.320 e. The molecule has 0 spiro atoms. The van der Waals surface area contributed by atoms with Crippen LogP contribution in [0.5, 0.6) is 0 Å². The topological polar surface area (TPSA) is 87.4 Å². The van der Waals surface area contributed by atoms with Crippen LogP contribution in [0.1, 0.15) is 53.7 Å². The predicted octanol–water partition coefficient (Wildman–Crippen LogP) is 2.89. The summed E-state index contributed by atoms with van der Waals surface area (Å²) in [5.41, 5.74) is -1.10. The molecule has 2 unspecified atom stereocenters. The van der Waals surface area contributed by atoms with E-state index in [1.807, 2.05) is 34.6 Å². The predicted molar refractivity (Wildman–Crippen MR) is 82.3 cm³/mol. The van der Waals surface area contributed by atoms with Crippen molar-refractivity contribution in [2.45, 2.75) is 59.0 Å². The first-order valence-electron chi connectivity index (χ1n) is 7.30. The molecule has 6 nitrogen and oxygen atoms in total. The Morgan fingerprint density at radius 3 is 2.52 bits per heavy atom. The van der Waals surface area contributed by atoms with E-state index in [9.17, 15) is 9.90 Å². The first-order valence-corrected chi connectivity index (χ1v) is 7.30. The highest BCUT2D eigenvalue weighted by atomic mass is 16.5. The fraction of sp³-hybridized carbons (Fsp3) is 0.733. The van der Waals surface area contributed by atoms with Crippen molar-refractivity contribution < 1.29 is 14.4 Å². The molecule has 120 valence electrons. The number of carbonyl (C=O) groups is 1. The summed E-state index contributed by atoms with van der Waals surface area (Å²) in [4.78, 5) is 11.8. The van der Waals surface area contributed by atoms with Gasteiger partial charge < -0.3 is 14.9 Å². The fourth-order valence-corrected chi connectivity index (χ4v) is 1.72. The number of urea groups is 1. The molecule has 1 aromatic heterocycles. The molecule has 0 fully saturated rings. The highest BCUT2D eigenvalue weighted by Gasteiger charge is 2.27. The van der Waals surface area contributed by atoms with Crippen molar-refractivity contribution in [3.63, 3.8) is 0 Å². The number of hydrogen-bond acceptors (Lipinski definition) is 4. The Balaban J connectivity index is 2.53. The third-order valence-electron chi connectivity index (χ3n) is 3.77. The molecule has 0 aliphatic heterocycles. The van der Waals surface area contributed by atoms with Crippen LogP contribution in [0.15, 0.2) is 10.6 Å². The molecule has 0 aliphatic rings. The Bertz CT molecular complexity index is 475. The highest BCUT2D eigenvalue weighted by Crippen LogP contribution is 2.24. The lowest BCUT2D eigenvalue weighted by atomic mass is 9.89. The molecule has 1 aromatic rings. The minimum absolute atomic E-state index is 0.0948. The number of rotatable bonds is 5. The van der Waals surface area contributed by atoms with Crippen LogP contribution < -0.4 is 10.6 Å². The molecular weight excluding hydrogens is 270 g/mol. The lowest BCUT2D eigenvalue weighted by Crippen LogP contribution is -2.46. The zero-order valence-corrected chi connectivity index (χ0v) is 13.8. The average Bonchev–Trinajstić information content (AvgIpc) is 2.84. The summed E-state index contributed by atoms with van der Waals surface area (Å²) < 4.78 is 5.19. The largest absolute Gasteiger partial charge is 0.388 e. The van der Waals surface area contributed by atoms with Gasteiger partial charge in [0.2, 0.25) is 0 Å². The molecule has 21 heavy (non-hydrogen) atoms. The van der Waals surface area contributed by atoms with E-state index >= 15 is 0 Å². The second kappa shape index (κ2) is 6.47. The van der Waals surface area contributed by atoms with E-state index in [0.29, 0.717) is 11.6 Å². The summed E-state index contributed by atoms with van der Waals surface area (Å²) in [7, 11) is 0. The van der Waals surface area contributed by atoms with Crippen molar-refractivity contribution in [2.75, 3.05) is 11.9 Å². The van der Waals surface area contributed by atoms with Crippen molar-refractivity contribution in [3.8, 4) is 0 Å². The summed E-state index contributed by atoms with van der Waals surface area (Å²) in [6.07, 6.45) is 0.842. The van der Waals surface area contributed by atoms with Gasteiger partial charge in [0, 0.05) is 18.0 Å². The number of aliphatic hydroxyl groups is 1. The van der Waals surface area contributed by atoms with Gasteiger partial charge in [-0.15, -0.1) is 0 Å². The number of nitrogens with one attached hydrogen (secondary N) is 2. The van der Waals surface area contributed by atoms with Crippen LogP contribution in [0.2, 0.25) is 0 Å². The van der Waals surface area contributed by atoms with Gasteiger partial charge in [-0.25, -0.2) is 4.79 Å². The number of anilines is 1. The second-order valence-electron chi connectivity index (χ2n) is 6.80. The van der Waals surface area contributed by atoms with Crippen molar-refractivity contribution in [2.24, 2.45) is 5.92 Å². The van der Waals surface area contributed by atoms with E-state index in [-0.39, 0.29) is 17.9 Å². The first-order chi connectivity index (χ1) is 9.56. The molecular formula is C15H27N3O3. The summed E-state index contributed by atoms with van der Waals surface area (Å²) in [6, 6.07) is 1.29. The highest BCUT2D eigenvalue weighted by molar-refractivity contribution is 5.88. The molecule has 0 saturated carbocycles. The maximum absolute atomic E-state index is 11.8. The molecule has 0 aromatic carbocycles. The Kier molecular flexibility index (Phi) is 5.39. The van der Waals surface area contributed by atoms with Crippen LogP contribution in [0.3, 0.4) is 0 Å². The molecule has 1 heterocycles. The minimum Gasteiger partial charge on any atom is -0.388 e. The molecule has 0 bridgehead atoms. The third-order valence-corrected chi connectivity index (χ3v) is 3.77. The zero-order chi connectivity index (χ0) is 16.3. The van der Waals surface area contributed by atoms with Crippen LogP contribution in [-0.4, -0.2) is 28.4 Å². The summed E-state index contributed by atoms with van der Waals surface area (Å²) in [5.74, 6) is 1.15. The first kappa shape index (κ1) is 17.5. The normalized spacial score (nSPS) is 16.1. The van der Waals surface area contributed by atoms with Crippen LogP contribution in [-0.2, 0) is 5.41 Å². The van der Waals surface area contributed by atoms with Gasteiger partial charge in [0.15, 0.2) is 5.82 Å². The van der Waals surface area contributed by atoms with E-state index < -0.39 is 11.6 Å². The minimum atomic E-state index is -0.938. The Morgan fingerprint density at radius 1 is 1.43 bits per heavy atom. The number of carbonyl (C=O) groups excluding carboxylic acids is 1. The quantitative estimate of drug-likeness (QED) is 0.780. The average molecular weight is 297 g/mol. The molecule has 2 amide bonds. The zero-order valence-electron chi connectivity index (χ0n) is 13.8. The van der Waals surface area contributed by atoms with Gasteiger partial charge >= 0.3 is 6.03 Å². The second-order valence-corrected chi connectivity index (χ2v) is 6.80. The molecule has 0 radical (unpaired) electrons. The molecule has 0 saturated heterocycles. The lowest BCUT2D eigenvalue weighted by Gasteiger charge is -2.29.